The number of oxazole rings is 1. The quantitative estimate of drug-likeness (QED) is 0.758. The highest BCUT2D eigenvalue weighted by Crippen LogP contribution is 2.17. The standard InChI is InChI=1S/C17H16N2O4/c1-2-22-13-6-3-11(4-7-13)9-16(20)18-12-5-8-15-14(10-12)19-17(21)23-15/h3-8,10H,2,9H2,1H3,(H,18,20)(H,19,21). The highest BCUT2D eigenvalue weighted by atomic mass is 16.5. The Morgan fingerprint density at radius 3 is 2.74 bits per heavy atom. The van der Waals surface area contributed by atoms with E-state index in [2.05, 4.69) is 10.3 Å². The fourth-order valence-electron chi connectivity index (χ4n) is 2.29. The molecule has 0 atom stereocenters. The number of aromatic nitrogens is 1. The number of amides is 1. The number of benzene rings is 2. The van der Waals surface area contributed by atoms with E-state index < -0.39 is 5.76 Å². The lowest BCUT2D eigenvalue weighted by Gasteiger charge is -2.06. The lowest BCUT2D eigenvalue weighted by molar-refractivity contribution is -0.115. The van der Waals surface area contributed by atoms with Crippen LogP contribution in [-0.4, -0.2) is 17.5 Å². The van der Waals surface area contributed by atoms with E-state index in [1.807, 2.05) is 31.2 Å². The van der Waals surface area contributed by atoms with Gasteiger partial charge in [0.1, 0.15) is 5.75 Å². The van der Waals surface area contributed by atoms with Gasteiger partial charge in [0, 0.05) is 5.69 Å². The van der Waals surface area contributed by atoms with Crippen LogP contribution in [0.1, 0.15) is 12.5 Å². The van der Waals surface area contributed by atoms with Gasteiger partial charge in [0.2, 0.25) is 5.91 Å². The number of rotatable bonds is 5. The van der Waals surface area contributed by atoms with Crippen molar-refractivity contribution in [3.63, 3.8) is 0 Å². The van der Waals surface area contributed by atoms with E-state index in [9.17, 15) is 9.59 Å². The van der Waals surface area contributed by atoms with Crippen molar-refractivity contribution >= 4 is 22.7 Å². The fourth-order valence-corrected chi connectivity index (χ4v) is 2.29. The zero-order chi connectivity index (χ0) is 16.2. The monoisotopic (exact) mass is 312 g/mol. The average Bonchev–Trinajstić information content (AvgIpc) is 2.89. The molecule has 118 valence electrons. The van der Waals surface area contributed by atoms with Gasteiger partial charge in [-0.05, 0) is 42.8 Å². The van der Waals surface area contributed by atoms with Crippen LogP contribution in [0, 0.1) is 0 Å². The molecule has 0 aliphatic heterocycles. The minimum absolute atomic E-state index is 0.139. The van der Waals surface area contributed by atoms with Crippen molar-refractivity contribution in [2.75, 3.05) is 11.9 Å². The molecular weight excluding hydrogens is 296 g/mol. The number of hydrogen-bond donors (Lipinski definition) is 2. The van der Waals surface area contributed by atoms with E-state index in [1.165, 1.54) is 0 Å². The summed E-state index contributed by atoms with van der Waals surface area (Å²) in [6, 6.07) is 12.4. The van der Waals surface area contributed by atoms with Gasteiger partial charge in [-0.15, -0.1) is 0 Å². The average molecular weight is 312 g/mol. The Morgan fingerprint density at radius 1 is 1.22 bits per heavy atom. The van der Waals surface area contributed by atoms with Crippen LogP contribution in [0.5, 0.6) is 5.75 Å². The predicted octanol–water partition coefficient (Wildman–Crippen LogP) is 2.70. The molecule has 0 saturated heterocycles. The molecule has 0 aliphatic carbocycles. The molecule has 2 aromatic carbocycles. The van der Waals surface area contributed by atoms with Crippen LogP contribution in [-0.2, 0) is 11.2 Å². The van der Waals surface area contributed by atoms with Crippen LogP contribution in [0.15, 0.2) is 51.7 Å². The van der Waals surface area contributed by atoms with E-state index in [0.29, 0.717) is 23.4 Å². The molecule has 0 saturated carbocycles. The van der Waals surface area contributed by atoms with Gasteiger partial charge in [0.05, 0.1) is 18.5 Å². The summed E-state index contributed by atoms with van der Waals surface area (Å²) in [5, 5.41) is 2.80. The molecule has 0 aliphatic rings. The van der Waals surface area contributed by atoms with Crippen LogP contribution >= 0.6 is 0 Å². The lowest BCUT2D eigenvalue weighted by atomic mass is 10.1. The van der Waals surface area contributed by atoms with Crippen LogP contribution in [0.4, 0.5) is 5.69 Å². The first-order valence-corrected chi connectivity index (χ1v) is 7.28. The maximum absolute atomic E-state index is 12.1. The van der Waals surface area contributed by atoms with Crippen molar-refractivity contribution in [3.8, 4) is 5.75 Å². The van der Waals surface area contributed by atoms with E-state index >= 15 is 0 Å². The van der Waals surface area contributed by atoms with Gasteiger partial charge >= 0.3 is 5.76 Å². The molecule has 3 aromatic rings. The topological polar surface area (TPSA) is 84.3 Å². The number of carbonyl (C=O) groups is 1. The van der Waals surface area contributed by atoms with Gasteiger partial charge in [-0.25, -0.2) is 4.79 Å². The Morgan fingerprint density at radius 2 is 2.00 bits per heavy atom. The summed E-state index contributed by atoms with van der Waals surface area (Å²) in [6.45, 7) is 2.53. The summed E-state index contributed by atoms with van der Waals surface area (Å²) in [5.74, 6) is 0.128. The molecule has 23 heavy (non-hydrogen) atoms. The molecule has 0 fully saturated rings. The highest BCUT2D eigenvalue weighted by molar-refractivity contribution is 5.94. The maximum atomic E-state index is 12.1. The summed E-state index contributed by atoms with van der Waals surface area (Å²) in [5.41, 5.74) is 2.50. The summed E-state index contributed by atoms with van der Waals surface area (Å²) in [4.78, 5) is 25.8. The van der Waals surface area contributed by atoms with Crippen LogP contribution in [0.3, 0.4) is 0 Å². The number of fused-ring (bicyclic) bond motifs is 1. The normalized spacial score (nSPS) is 10.7. The molecule has 1 amide bonds. The van der Waals surface area contributed by atoms with E-state index in [-0.39, 0.29) is 12.3 Å². The number of hydrogen-bond acceptors (Lipinski definition) is 4. The van der Waals surface area contributed by atoms with Gasteiger partial charge in [-0.2, -0.15) is 0 Å². The third-order valence-electron chi connectivity index (χ3n) is 3.30. The van der Waals surface area contributed by atoms with Gasteiger partial charge in [-0.3, -0.25) is 9.78 Å². The summed E-state index contributed by atoms with van der Waals surface area (Å²) in [7, 11) is 0. The van der Waals surface area contributed by atoms with Gasteiger partial charge < -0.3 is 14.5 Å². The fraction of sp³-hybridized carbons (Fsp3) is 0.176. The molecule has 6 nitrogen and oxygen atoms in total. The minimum Gasteiger partial charge on any atom is -0.494 e. The second-order valence-corrected chi connectivity index (χ2v) is 5.03. The Kier molecular flexibility index (Phi) is 4.14. The van der Waals surface area contributed by atoms with Crippen LogP contribution in [0.25, 0.3) is 11.1 Å². The van der Waals surface area contributed by atoms with Crippen LogP contribution < -0.4 is 15.8 Å². The smallest absolute Gasteiger partial charge is 0.417 e. The number of ether oxygens (including phenoxy) is 1. The number of nitrogens with one attached hydrogen (secondary N) is 2. The predicted molar refractivity (Wildman–Crippen MR) is 86.8 cm³/mol. The summed E-state index contributed by atoms with van der Waals surface area (Å²) in [6.07, 6.45) is 0.256. The van der Waals surface area contributed by atoms with Crippen molar-refractivity contribution in [2.45, 2.75) is 13.3 Å². The van der Waals surface area contributed by atoms with E-state index in [1.54, 1.807) is 18.2 Å². The zero-order valence-electron chi connectivity index (χ0n) is 12.6. The van der Waals surface area contributed by atoms with E-state index in [4.69, 9.17) is 9.15 Å². The van der Waals surface area contributed by atoms with Gasteiger partial charge in [0.15, 0.2) is 5.58 Å². The molecule has 2 N–H and O–H groups in total. The SMILES string of the molecule is CCOc1ccc(CC(=O)Nc2ccc3oc(=O)[nH]c3c2)cc1. The van der Waals surface area contributed by atoms with Gasteiger partial charge in [0.25, 0.3) is 0 Å². The Bertz CT molecular complexity index is 877. The zero-order valence-corrected chi connectivity index (χ0v) is 12.6. The number of carbonyl (C=O) groups excluding carboxylic acids is 1. The third kappa shape index (κ3) is 3.60. The van der Waals surface area contributed by atoms with Gasteiger partial charge in [-0.1, -0.05) is 12.1 Å². The number of H-pyrrole nitrogens is 1. The maximum Gasteiger partial charge on any atom is 0.417 e. The molecule has 0 spiro atoms. The van der Waals surface area contributed by atoms with Crippen LogP contribution in [0.2, 0.25) is 0 Å². The summed E-state index contributed by atoms with van der Waals surface area (Å²) >= 11 is 0. The highest BCUT2D eigenvalue weighted by Gasteiger charge is 2.07. The molecule has 0 bridgehead atoms. The van der Waals surface area contributed by atoms with E-state index in [0.717, 1.165) is 11.3 Å². The summed E-state index contributed by atoms with van der Waals surface area (Å²) < 4.78 is 10.3. The Balaban J connectivity index is 1.66. The molecule has 0 unspecified atom stereocenters. The van der Waals surface area contributed by atoms with Crippen molar-refractivity contribution < 1.29 is 13.9 Å². The molecular formula is C17H16N2O4. The second-order valence-electron chi connectivity index (χ2n) is 5.03. The third-order valence-corrected chi connectivity index (χ3v) is 3.30. The first kappa shape index (κ1) is 14.9. The number of aromatic amines is 1. The molecule has 1 aromatic heterocycles. The second kappa shape index (κ2) is 6.39. The first-order chi connectivity index (χ1) is 11.1. The lowest BCUT2D eigenvalue weighted by Crippen LogP contribution is -2.14. The van der Waals surface area contributed by atoms with Crippen molar-refractivity contribution in [2.24, 2.45) is 0 Å². The molecule has 0 radical (unpaired) electrons. The molecule has 1 heterocycles. The van der Waals surface area contributed by atoms with Crippen molar-refractivity contribution in [3.05, 3.63) is 58.6 Å². The van der Waals surface area contributed by atoms with Crippen molar-refractivity contribution in [1.82, 2.24) is 4.98 Å². The number of anilines is 1. The molecule has 3 rings (SSSR count). The molecule has 6 heteroatoms. The minimum atomic E-state index is -0.516. The Hall–Kier alpha value is -3.02. The first-order valence-electron chi connectivity index (χ1n) is 7.28. The largest absolute Gasteiger partial charge is 0.494 e. The van der Waals surface area contributed by atoms with Crippen molar-refractivity contribution in [1.29, 1.82) is 0 Å². The Labute approximate surface area is 132 Å².